The lowest BCUT2D eigenvalue weighted by atomic mass is 9.93. The summed E-state index contributed by atoms with van der Waals surface area (Å²) >= 11 is 7.86. The van der Waals surface area contributed by atoms with Gasteiger partial charge in [0.2, 0.25) is 0 Å². The molecule has 1 unspecified atom stereocenters. The summed E-state index contributed by atoms with van der Waals surface area (Å²) in [6.07, 6.45) is 5.05. The average molecular weight is 306 g/mol. The summed E-state index contributed by atoms with van der Waals surface area (Å²) in [5.74, 6) is 0.579. The molecule has 0 saturated heterocycles. The van der Waals surface area contributed by atoms with Crippen LogP contribution in [0.15, 0.2) is 41.8 Å². The Hall–Kier alpha value is -0.830. The lowest BCUT2D eigenvalue weighted by molar-refractivity contribution is 0.549. The fourth-order valence-electron chi connectivity index (χ4n) is 2.49. The van der Waals surface area contributed by atoms with Crippen LogP contribution >= 0.6 is 22.9 Å². The van der Waals surface area contributed by atoms with E-state index in [-0.39, 0.29) is 0 Å². The zero-order valence-corrected chi connectivity index (χ0v) is 13.1. The molecule has 2 aromatic rings. The second kappa shape index (κ2) is 6.75. The number of rotatable bonds is 7. The van der Waals surface area contributed by atoms with Crippen LogP contribution in [0, 0.1) is 0 Å². The molecule has 1 aromatic heterocycles. The van der Waals surface area contributed by atoms with Gasteiger partial charge in [0, 0.05) is 22.5 Å². The van der Waals surface area contributed by atoms with Gasteiger partial charge in [-0.25, -0.2) is 0 Å². The summed E-state index contributed by atoms with van der Waals surface area (Å²) in [6.45, 7) is 1.08. The molecule has 1 N–H and O–H groups in total. The largest absolute Gasteiger partial charge is 0.313 e. The van der Waals surface area contributed by atoms with Gasteiger partial charge in [0.25, 0.3) is 0 Å². The van der Waals surface area contributed by atoms with Gasteiger partial charge in [0.05, 0.1) is 0 Å². The number of halogens is 1. The van der Waals surface area contributed by atoms with Crippen molar-refractivity contribution in [1.82, 2.24) is 5.32 Å². The van der Waals surface area contributed by atoms with E-state index < -0.39 is 0 Å². The number of nitrogens with one attached hydrogen (secondary N) is 1. The quantitative estimate of drug-likeness (QED) is 0.769. The minimum absolute atomic E-state index is 0.579. The molecule has 1 aliphatic rings. The van der Waals surface area contributed by atoms with Crippen LogP contribution in [0.1, 0.15) is 35.6 Å². The van der Waals surface area contributed by atoms with Gasteiger partial charge in [0.15, 0.2) is 0 Å². The van der Waals surface area contributed by atoms with Gasteiger partial charge < -0.3 is 5.32 Å². The summed E-state index contributed by atoms with van der Waals surface area (Å²) in [7, 11) is 0. The molecule has 0 spiro atoms. The van der Waals surface area contributed by atoms with Crippen molar-refractivity contribution in [2.45, 2.75) is 37.6 Å². The molecular formula is C17H20ClNS. The fourth-order valence-corrected chi connectivity index (χ4v) is 3.34. The monoisotopic (exact) mass is 305 g/mol. The Balaban J connectivity index is 1.63. The van der Waals surface area contributed by atoms with Crippen molar-refractivity contribution in [2.75, 3.05) is 6.54 Å². The molecule has 1 atom stereocenters. The Labute approximate surface area is 130 Å². The predicted octanol–water partition coefficient (Wildman–Crippen LogP) is 4.87. The van der Waals surface area contributed by atoms with Crippen LogP contribution in [0.5, 0.6) is 0 Å². The SMILES string of the molecule is Clc1ccc(C(CCc2cccs2)CNC2CC2)cc1. The Morgan fingerprint density at radius 2 is 2.00 bits per heavy atom. The van der Waals surface area contributed by atoms with E-state index in [4.69, 9.17) is 11.6 Å². The highest BCUT2D eigenvalue weighted by Crippen LogP contribution is 2.26. The van der Waals surface area contributed by atoms with Gasteiger partial charge in [-0.3, -0.25) is 0 Å². The molecule has 3 rings (SSSR count). The first-order valence-electron chi connectivity index (χ1n) is 7.32. The second-order valence-electron chi connectivity index (χ2n) is 5.55. The molecule has 1 aromatic carbocycles. The molecule has 1 aliphatic carbocycles. The first-order chi connectivity index (χ1) is 9.81. The molecule has 1 saturated carbocycles. The predicted molar refractivity (Wildman–Crippen MR) is 87.9 cm³/mol. The van der Waals surface area contributed by atoms with E-state index in [1.54, 1.807) is 0 Å². The van der Waals surface area contributed by atoms with Crippen molar-refractivity contribution >= 4 is 22.9 Å². The highest BCUT2D eigenvalue weighted by Gasteiger charge is 2.22. The highest BCUT2D eigenvalue weighted by atomic mass is 35.5. The number of thiophene rings is 1. The van der Waals surface area contributed by atoms with Crippen molar-refractivity contribution in [2.24, 2.45) is 0 Å². The van der Waals surface area contributed by atoms with Gasteiger partial charge in [-0.1, -0.05) is 29.8 Å². The topological polar surface area (TPSA) is 12.0 Å². The number of hydrogen-bond donors (Lipinski definition) is 1. The van der Waals surface area contributed by atoms with E-state index in [1.165, 1.54) is 29.7 Å². The van der Waals surface area contributed by atoms with Crippen molar-refractivity contribution in [3.63, 3.8) is 0 Å². The molecular weight excluding hydrogens is 286 g/mol. The third-order valence-electron chi connectivity index (χ3n) is 3.89. The van der Waals surface area contributed by atoms with Crippen LogP contribution in [0.3, 0.4) is 0 Å². The van der Waals surface area contributed by atoms with Crippen LogP contribution in [0.2, 0.25) is 5.02 Å². The lowest BCUT2D eigenvalue weighted by Gasteiger charge is -2.18. The number of hydrogen-bond acceptors (Lipinski definition) is 2. The third-order valence-corrected chi connectivity index (χ3v) is 5.08. The summed E-state index contributed by atoms with van der Waals surface area (Å²) in [5, 5.41) is 6.65. The second-order valence-corrected chi connectivity index (χ2v) is 7.02. The molecule has 1 nitrogen and oxygen atoms in total. The van der Waals surface area contributed by atoms with Gasteiger partial charge in [-0.15, -0.1) is 11.3 Å². The van der Waals surface area contributed by atoms with Crippen molar-refractivity contribution in [3.05, 3.63) is 57.2 Å². The van der Waals surface area contributed by atoms with E-state index in [9.17, 15) is 0 Å². The summed E-state index contributed by atoms with van der Waals surface area (Å²) in [6, 6.07) is 13.5. The van der Waals surface area contributed by atoms with Gasteiger partial charge in [-0.2, -0.15) is 0 Å². The van der Waals surface area contributed by atoms with E-state index in [0.29, 0.717) is 5.92 Å². The minimum Gasteiger partial charge on any atom is -0.313 e. The van der Waals surface area contributed by atoms with Crippen molar-refractivity contribution in [1.29, 1.82) is 0 Å². The van der Waals surface area contributed by atoms with Crippen LogP contribution in [0.25, 0.3) is 0 Å². The zero-order chi connectivity index (χ0) is 13.8. The average Bonchev–Trinajstić information content (AvgIpc) is 3.14. The molecule has 20 heavy (non-hydrogen) atoms. The minimum atomic E-state index is 0.579. The number of aryl methyl sites for hydroxylation is 1. The highest BCUT2D eigenvalue weighted by molar-refractivity contribution is 7.09. The summed E-state index contributed by atoms with van der Waals surface area (Å²) in [5.41, 5.74) is 1.40. The standard InChI is InChI=1S/C17H20ClNS/c18-15-6-3-13(4-7-15)14(12-19-16-8-9-16)5-10-17-2-1-11-20-17/h1-4,6-7,11,14,16,19H,5,8-10,12H2. The zero-order valence-electron chi connectivity index (χ0n) is 11.5. The van der Waals surface area contributed by atoms with E-state index in [0.717, 1.165) is 24.0 Å². The summed E-state index contributed by atoms with van der Waals surface area (Å²) in [4.78, 5) is 1.48. The normalized spacial score (nSPS) is 16.2. The summed E-state index contributed by atoms with van der Waals surface area (Å²) < 4.78 is 0. The van der Waals surface area contributed by atoms with Crippen LogP contribution in [-0.4, -0.2) is 12.6 Å². The van der Waals surface area contributed by atoms with Gasteiger partial charge >= 0.3 is 0 Å². The van der Waals surface area contributed by atoms with Crippen LogP contribution in [-0.2, 0) is 6.42 Å². The molecule has 0 amide bonds. The van der Waals surface area contributed by atoms with Crippen molar-refractivity contribution in [3.8, 4) is 0 Å². The lowest BCUT2D eigenvalue weighted by Crippen LogP contribution is -2.23. The molecule has 106 valence electrons. The molecule has 0 aliphatic heterocycles. The smallest absolute Gasteiger partial charge is 0.0406 e. The Kier molecular flexibility index (Phi) is 4.77. The van der Waals surface area contributed by atoms with Crippen LogP contribution in [0.4, 0.5) is 0 Å². The maximum atomic E-state index is 6.00. The third kappa shape index (κ3) is 4.08. The molecule has 3 heteroatoms. The van der Waals surface area contributed by atoms with Crippen molar-refractivity contribution < 1.29 is 0 Å². The molecule has 1 fully saturated rings. The maximum absolute atomic E-state index is 6.00. The molecule has 1 heterocycles. The Morgan fingerprint density at radius 1 is 1.20 bits per heavy atom. The molecule has 0 radical (unpaired) electrons. The first kappa shape index (κ1) is 14.1. The molecule has 0 bridgehead atoms. The Bertz CT molecular complexity index is 516. The van der Waals surface area contributed by atoms with Gasteiger partial charge in [0.1, 0.15) is 0 Å². The maximum Gasteiger partial charge on any atom is 0.0406 e. The fraction of sp³-hybridized carbons (Fsp3) is 0.412. The van der Waals surface area contributed by atoms with E-state index >= 15 is 0 Å². The number of benzene rings is 1. The van der Waals surface area contributed by atoms with Gasteiger partial charge in [-0.05, 0) is 60.7 Å². The van der Waals surface area contributed by atoms with Crippen LogP contribution < -0.4 is 5.32 Å². The van der Waals surface area contributed by atoms with E-state index in [1.807, 2.05) is 23.5 Å². The first-order valence-corrected chi connectivity index (χ1v) is 8.58. The Morgan fingerprint density at radius 3 is 2.65 bits per heavy atom. The van der Waals surface area contributed by atoms with E-state index in [2.05, 4.69) is 35.0 Å².